The van der Waals surface area contributed by atoms with Gasteiger partial charge in [-0.2, -0.15) is 0 Å². The quantitative estimate of drug-likeness (QED) is 0.742. The first-order valence-electron chi connectivity index (χ1n) is 8.43. The highest BCUT2D eigenvalue weighted by Gasteiger charge is 2.22. The smallest absolute Gasteiger partial charge is 0.206 e. The van der Waals surface area contributed by atoms with Crippen LogP contribution in [0.2, 0.25) is 0 Å². The molecule has 5 heteroatoms. The molecule has 0 atom stereocenters. The maximum Gasteiger partial charge on any atom is 0.206 e. The van der Waals surface area contributed by atoms with Crippen molar-refractivity contribution in [3.63, 3.8) is 0 Å². The Balaban J connectivity index is 1.66. The van der Waals surface area contributed by atoms with E-state index in [-0.39, 0.29) is 0 Å². The number of hydrogen-bond donors (Lipinski definition) is 0. The number of imidazole rings is 1. The third-order valence-corrected chi connectivity index (χ3v) is 4.84. The van der Waals surface area contributed by atoms with Gasteiger partial charge in [-0.15, -0.1) is 0 Å². The van der Waals surface area contributed by atoms with Gasteiger partial charge in [0.1, 0.15) is 11.3 Å². The van der Waals surface area contributed by atoms with Crippen molar-refractivity contribution < 1.29 is 4.42 Å². The molecule has 1 saturated heterocycles. The van der Waals surface area contributed by atoms with Gasteiger partial charge in [0.2, 0.25) is 5.88 Å². The number of aromatic nitrogens is 3. The van der Waals surface area contributed by atoms with Gasteiger partial charge in [-0.25, -0.2) is 14.5 Å². The Kier molecular flexibility index (Phi) is 3.87. The molecule has 0 saturated carbocycles. The number of hydrogen-bond acceptors (Lipinski definition) is 4. The van der Waals surface area contributed by atoms with E-state index in [0.29, 0.717) is 5.92 Å². The van der Waals surface area contributed by atoms with Crippen LogP contribution in [0.25, 0.3) is 17.0 Å². The predicted molar refractivity (Wildman–Crippen MR) is 89.7 cm³/mol. The van der Waals surface area contributed by atoms with Gasteiger partial charge in [0.15, 0.2) is 5.65 Å². The van der Waals surface area contributed by atoms with E-state index in [4.69, 9.17) is 9.40 Å². The molecule has 23 heavy (non-hydrogen) atoms. The van der Waals surface area contributed by atoms with Crippen LogP contribution >= 0.6 is 0 Å². The number of pyridine rings is 1. The molecule has 0 radical (unpaired) electrons. The summed E-state index contributed by atoms with van der Waals surface area (Å²) in [4.78, 5) is 11.9. The van der Waals surface area contributed by atoms with E-state index < -0.39 is 0 Å². The summed E-state index contributed by atoms with van der Waals surface area (Å²) in [5, 5.41) is 0. The van der Waals surface area contributed by atoms with Crippen LogP contribution in [0.5, 0.6) is 0 Å². The molecule has 1 fully saturated rings. The van der Waals surface area contributed by atoms with Gasteiger partial charge in [-0.05, 0) is 56.6 Å². The van der Waals surface area contributed by atoms with Crippen molar-refractivity contribution in [3.8, 4) is 5.88 Å². The first kappa shape index (κ1) is 14.5. The maximum absolute atomic E-state index is 5.63. The number of piperidine rings is 1. The Hall–Kier alpha value is -2.14. The highest BCUT2D eigenvalue weighted by molar-refractivity contribution is 5.73. The molecule has 5 nitrogen and oxygen atoms in total. The monoisotopic (exact) mass is 310 g/mol. The molecule has 0 bridgehead atoms. The molecule has 120 valence electrons. The topological polar surface area (TPSA) is 47.1 Å². The Morgan fingerprint density at radius 3 is 2.83 bits per heavy atom. The summed E-state index contributed by atoms with van der Waals surface area (Å²) in [7, 11) is 0. The van der Waals surface area contributed by atoms with Crippen molar-refractivity contribution in [3.05, 3.63) is 42.5 Å². The molecule has 1 aliphatic rings. The van der Waals surface area contributed by atoms with Crippen molar-refractivity contribution in [2.24, 2.45) is 5.92 Å². The Bertz CT molecular complexity index is 770. The van der Waals surface area contributed by atoms with Crippen LogP contribution in [0.4, 0.5) is 0 Å². The van der Waals surface area contributed by atoms with Crippen LogP contribution in [0.15, 0.2) is 41.1 Å². The molecule has 1 aliphatic heterocycles. The lowest BCUT2D eigenvalue weighted by Gasteiger charge is -2.30. The second kappa shape index (κ2) is 6.16. The van der Waals surface area contributed by atoms with E-state index >= 15 is 0 Å². The minimum absolute atomic E-state index is 0.684. The summed E-state index contributed by atoms with van der Waals surface area (Å²) in [6.07, 6.45) is 6.97. The van der Waals surface area contributed by atoms with Crippen molar-refractivity contribution in [1.82, 2.24) is 19.4 Å². The van der Waals surface area contributed by atoms with Gasteiger partial charge >= 0.3 is 0 Å². The van der Waals surface area contributed by atoms with E-state index in [0.717, 1.165) is 35.8 Å². The van der Waals surface area contributed by atoms with E-state index in [1.165, 1.54) is 25.9 Å². The summed E-state index contributed by atoms with van der Waals surface area (Å²) in [6, 6.07) is 7.84. The zero-order valence-corrected chi connectivity index (χ0v) is 13.5. The van der Waals surface area contributed by atoms with E-state index in [9.17, 15) is 0 Å². The lowest BCUT2D eigenvalue weighted by Crippen LogP contribution is -2.34. The first-order chi connectivity index (χ1) is 11.3. The van der Waals surface area contributed by atoms with Crippen molar-refractivity contribution >= 4 is 11.2 Å². The molecule has 3 aromatic rings. The first-order valence-corrected chi connectivity index (χ1v) is 8.43. The van der Waals surface area contributed by atoms with Crippen LogP contribution in [0, 0.1) is 5.92 Å². The molecule has 0 aromatic carbocycles. The van der Waals surface area contributed by atoms with Gasteiger partial charge in [0, 0.05) is 18.7 Å². The molecule has 4 rings (SSSR count). The fourth-order valence-corrected chi connectivity index (χ4v) is 3.49. The Labute approximate surface area is 135 Å². The lowest BCUT2D eigenvalue weighted by atomic mass is 9.93. The lowest BCUT2D eigenvalue weighted by molar-refractivity contribution is 0.190. The van der Waals surface area contributed by atoms with Crippen LogP contribution in [-0.4, -0.2) is 39.1 Å². The van der Waals surface area contributed by atoms with Crippen molar-refractivity contribution in [2.45, 2.75) is 26.2 Å². The zero-order chi connectivity index (χ0) is 15.6. The van der Waals surface area contributed by atoms with Gasteiger partial charge in [0.05, 0.1) is 6.26 Å². The summed E-state index contributed by atoms with van der Waals surface area (Å²) in [5.74, 6) is 2.54. The molecule has 4 heterocycles. The molecule has 0 aliphatic carbocycles. The number of likely N-dealkylation sites (tertiary alicyclic amines) is 1. The molecular formula is C18H22N4O. The van der Waals surface area contributed by atoms with Crippen molar-refractivity contribution in [2.75, 3.05) is 19.6 Å². The van der Waals surface area contributed by atoms with Crippen LogP contribution in [0.1, 0.15) is 25.6 Å². The molecule has 3 aromatic heterocycles. The number of nitrogens with zero attached hydrogens (tertiary/aromatic N) is 4. The minimum Gasteiger partial charge on any atom is -0.448 e. The van der Waals surface area contributed by atoms with Gasteiger partial charge in [-0.1, -0.05) is 6.92 Å². The summed E-state index contributed by atoms with van der Waals surface area (Å²) < 4.78 is 7.70. The highest BCUT2D eigenvalue weighted by atomic mass is 16.3. The van der Waals surface area contributed by atoms with Crippen LogP contribution in [0.3, 0.4) is 0 Å². The average Bonchev–Trinajstić information content (AvgIpc) is 3.22. The minimum atomic E-state index is 0.684. The second-order valence-corrected chi connectivity index (χ2v) is 6.24. The standard InChI is InChI=1S/C18H22N4O/c1-2-21-10-7-14(8-11-21)13-16-20-15-5-3-9-19-18(15)22(16)17-6-4-12-23-17/h3-6,9,12,14H,2,7-8,10-11,13H2,1H3. The number of fused-ring (bicyclic) bond motifs is 1. The van der Waals surface area contributed by atoms with Crippen LogP contribution in [-0.2, 0) is 6.42 Å². The van der Waals surface area contributed by atoms with E-state index in [1.54, 1.807) is 6.26 Å². The van der Waals surface area contributed by atoms with E-state index in [1.807, 2.05) is 30.5 Å². The summed E-state index contributed by atoms with van der Waals surface area (Å²) >= 11 is 0. The van der Waals surface area contributed by atoms with Crippen molar-refractivity contribution in [1.29, 1.82) is 0 Å². The molecule has 0 unspecified atom stereocenters. The van der Waals surface area contributed by atoms with E-state index in [2.05, 4.69) is 21.4 Å². The average molecular weight is 310 g/mol. The van der Waals surface area contributed by atoms with Gasteiger partial charge in [0.25, 0.3) is 0 Å². The Morgan fingerprint density at radius 1 is 1.22 bits per heavy atom. The van der Waals surface area contributed by atoms with Gasteiger partial charge in [-0.3, -0.25) is 0 Å². The fourth-order valence-electron chi connectivity index (χ4n) is 3.49. The Morgan fingerprint density at radius 2 is 2.09 bits per heavy atom. The molecule has 0 N–H and O–H groups in total. The second-order valence-electron chi connectivity index (χ2n) is 6.24. The molecule has 0 spiro atoms. The number of furan rings is 1. The third kappa shape index (κ3) is 2.77. The SMILES string of the molecule is CCN1CCC(Cc2nc3cccnc3n2-c2ccco2)CC1. The van der Waals surface area contributed by atoms with Crippen LogP contribution < -0.4 is 0 Å². The molecule has 0 amide bonds. The largest absolute Gasteiger partial charge is 0.448 e. The molecular weight excluding hydrogens is 288 g/mol. The summed E-state index contributed by atoms with van der Waals surface area (Å²) in [5.41, 5.74) is 1.81. The normalized spacial score (nSPS) is 17.1. The maximum atomic E-state index is 5.63. The zero-order valence-electron chi connectivity index (χ0n) is 13.5. The predicted octanol–water partition coefficient (Wildman–Crippen LogP) is 3.29. The van der Waals surface area contributed by atoms with Gasteiger partial charge < -0.3 is 9.32 Å². The number of rotatable bonds is 4. The fraction of sp³-hybridized carbons (Fsp3) is 0.444. The highest BCUT2D eigenvalue weighted by Crippen LogP contribution is 2.26. The summed E-state index contributed by atoms with van der Waals surface area (Å²) in [6.45, 7) is 5.78. The third-order valence-electron chi connectivity index (χ3n) is 4.84.